The molecule has 2 atom stereocenters. The number of amides is 1. The van der Waals surface area contributed by atoms with Crippen LogP contribution in [0.2, 0.25) is 0 Å². The number of hydrogen-bond acceptors (Lipinski definition) is 5. The van der Waals surface area contributed by atoms with Crippen molar-refractivity contribution in [2.24, 2.45) is 9.36 Å². The summed E-state index contributed by atoms with van der Waals surface area (Å²) in [7, 11) is -0.627. The van der Waals surface area contributed by atoms with Gasteiger partial charge in [-0.15, -0.1) is 0 Å². The van der Waals surface area contributed by atoms with Gasteiger partial charge in [-0.05, 0) is 59.7 Å². The summed E-state index contributed by atoms with van der Waals surface area (Å²) in [5, 5.41) is 12.0. The first-order chi connectivity index (χ1) is 13.3. The molecule has 0 radical (unpaired) electrons. The predicted molar refractivity (Wildman–Crippen MR) is 119 cm³/mol. The van der Waals surface area contributed by atoms with Crippen LogP contribution in [0.15, 0.2) is 32.0 Å². The van der Waals surface area contributed by atoms with E-state index in [4.69, 9.17) is 9.73 Å². The lowest BCUT2D eigenvalue weighted by molar-refractivity contribution is 0.0560. The van der Waals surface area contributed by atoms with Crippen LogP contribution in [0, 0.1) is 5.82 Å². The number of amidine groups is 1. The highest BCUT2D eigenvalue weighted by Crippen LogP contribution is 2.38. The van der Waals surface area contributed by atoms with Gasteiger partial charge in [0, 0.05) is 15.8 Å². The fourth-order valence-electron chi connectivity index (χ4n) is 2.96. The molecule has 1 aromatic carbocycles. The van der Waals surface area contributed by atoms with Gasteiger partial charge in [0.15, 0.2) is 0 Å². The maximum atomic E-state index is 14.7. The molecule has 1 heterocycles. The molecule has 162 valence electrons. The van der Waals surface area contributed by atoms with Crippen LogP contribution < -0.4 is 5.32 Å². The Bertz CT molecular complexity index is 852. The average Bonchev–Trinajstić information content (AvgIpc) is 2.57. The molecule has 0 bridgehead atoms. The minimum atomic E-state index is -0.935. The summed E-state index contributed by atoms with van der Waals surface area (Å²) in [6, 6.07) is 4.73. The third-order valence-corrected chi connectivity index (χ3v) is 7.61. The van der Waals surface area contributed by atoms with Crippen LogP contribution in [0.4, 0.5) is 9.18 Å². The summed E-state index contributed by atoms with van der Waals surface area (Å²) in [4.78, 5) is 17.2. The average molecular weight is 490 g/mol. The second-order valence-corrected chi connectivity index (χ2v) is 11.8. The number of nitrogens with zero attached hydrogens (tertiary/aromatic N) is 2. The van der Waals surface area contributed by atoms with E-state index in [0.717, 1.165) is 4.47 Å². The molecule has 0 saturated carbocycles. The molecule has 0 aliphatic carbocycles. The van der Waals surface area contributed by atoms with Crippen molar-refractivity contribution in [1.29, 1.82) is 0 Å². The molecule has 6 nitrogen and oxygen atoms in total. The Hall–Kier alpha value is -1.32. The molecular weight excluding hydrogens is 461 g/mol. The van der Waals surface area contributed by atoms with E-state index in [9.17, 15) is 14.3 Å². The van der Waals surface area contributed by atoms with E-state index in [1.807, 2.05) is 20.8 Å². The smallest absolute Gasteiger partial charge is 0.413 e. The summed E-state index contributed by atoms with van der Waals surface area (Å²) >= 11 is 3.40. The van der Waals surface area contributed by atoms with Crippen LogP contribution in [0.5, 0.6) is 0 Å². The van der Waals surface area contributed by atoms with Gasteiger partial charge in [-0.1, -0.05) is 26.6 Å². The predicted octanol–water partition coefficient (Wildman–Crippen LogP) is 4.31. The Labute approximate surface area is 182 Å². The molecule has 29 heavy (non-hydrogen) atoms. The number of rotatable bonds is 3. The first kappa shape index (κ1) is 24.0. The maximum absolute atomic E-state index is 14.7. The normalized spacial score (nSPS) is 24.2. The molecule has 9 heteroatoms. The topological polar surface area (TPSA) is 83.3 Å². The van der Waals surface area contributed by atoms with E-state index in [0.29, 0.717) is 17.2 Å². The number of halogens is 2. The highest BCUT2D eigenvalue weighted by molar-refractivity contribution is 9.10. The van der Waals surface area contributed by atoms with Crippen LogP contribution in [0.25, 0.3) is 0 Å². The zero-order valence-electron chi connectivity index (χ0n) is 17.7. The third kappa shape index (κ3) is 5.86. The van der Waals surface area contributed by atoms with Gasteiger partial charge in [0.25, 0.3) is 0 Å². The van der Waals surface area contributed by atoms with Gasteiger partial charge < -0.3 is 9.84 Å². The van der Waals surface area contributed by atoms with Gasteiger partial charge in [-0.3, -0.25) is 14.7 Å². The first-order valence-corrected chi connectivity index (χ1v) is 11.5. The molecule has 0 fully saturated rings. The Morgan fingerprint density at radius 2 is 2.07 bits per heavy atom. The lowest BCUT2D eigenvalue weighted by Crippen LogP contribution is -2.55. The van der Waals surface area contributed by atoms with Crippen molar-refractivity contribution in [3.05, 3.63) is 34.1 Å². The molecule has 1 amide bonds. The molecular formula is C20H29BrFN3O3S. The number of carbonyl (C=O) groups excluding carboxylic acids is 1. The summed E-state index contributed by atoms with van der Waals surface area (Å²) in [5.74, 6) is 0.485. The number of aliphatic hydroxyl groups excluding tert-OH is 1. The van der Waals surface area contributed by atoms with E-state index in [2.05, 4.69) is 25.6 Å². The minimum Gasteiger partial charge on any atom is -0.444 e. The van der Waals surface area contributed by atoms with Crippen molar-refractivity contribution in [1.82, 2.24) is 5.32 Å². The molecule has 1 aliphatic rings. The van der Waals surface area contributed by atoms with Crippen LogP contribution >= 0.6 is 15.9 Å². The quantitative estimate of drug-likeness (QED) is 0.663. The summed E-state index contributed by atoms with van der Waals surface area (Å²) in [6.07, 6.45) is -0.617. The maximum Gasteiger partial charge on any atom is 0.413 e. The molecule has 0 aromatic heterocycles. The number of nitrogens with one attached hydrogen (secondary N) is 1. The number of carbonyl (C=O) groups is 1. The van der Waals surface area contributed by atoms with Crippen molar-refractivity contribution in [2.45, 2.75) is 57.4 Å². The van der Waals surface area contributed by atoms with E-state index < -0.39 is 32.7 Å². The number of ether oxygens (including phenoxy) is 1. The standard InChI is InChI=1S/C20H29BrFN3O3S/c1-18(2,3)28-17(27)24-16-19(4,5)29(23-9-10-26)12-20(6,25-16)14-11-13(21)7-8-15(14)22/h7-8,11,26H,9-10,12H2,1-6H3,(H,24,25,27)/t20-,29+/m0/s1. The number of aliphatic hydroxyl groups is 1. The van der Waals surface area contributed by atoms with E-state index in [1.165, 1.54) is 6.07 Å². The van der Waals surface area contributed by atoms with E-state index >= 15 is 0 Å². The number of aliphatic imine (C=N–C) groups is 1. The van der Waals surface area contributed by atoms with Gasteiger partial charge in [0.2, 0.25) is 0 Å². The molecule has 0 spiro atoms. The fraction of sp³-hybridized carbons (Fsp3) is 0.600. The largest absolute Gasteiger partial charge is 0.444 e. The molecule has 2 rings (SSSR count). The highest BCUT2D eigenvalue weighted by atomic mass is 79.9. The summed E-state index contributed by atoms with van der Waals surface area (Å²) < 4.78 is 24.9. The van der Waals surface area contributed by atoms with Crippen molar-refractivity contribution in [3.8, 4) is 0 Å². The van der Waals surface area contributed by atoms with Crippen molar-refractivity contribution >= 4 is 38.6 Å². The lowest BCUT2D eigenvalue weighted by Gasteiger charge is -2.41. The van der Waals surface area contributed by atoms with E-state index in [1.54, 1.807) is 32.9 Å². The second-order valence-electron chi connectivity index (χ2n) is 8.58. The summed E-state index contributed by atoms with van der Waals surface area (Å²) in [5.41, 5.74) is -1.18. The van der Waals surface area contributed by atoms with E-state index in [-0.39, 0.29) is 19.0 Å². The van der Waals surface area contributed by atoms with Crippen molar-refractivity contribution in [3.63, 3.8) is 0 Å². The van der Waals surface area contributed by atoms with Gasteiger partial charge in [0.1, 0.15) is 17.3 Å². The number of hydrogen-bond donors (Lipinski definition) is 2. The van der Waals surface area contributed by atoms with Crippen LogP contribution in [0.1, 0.15) is 47.1 Å². The molecule has 2 N–H and O–H groups in total. The Morgan fingerprint density at radius 1 is 1.41 bits per heavy atom. The third-order valence-electron chi connectivity index (χ3n) is 4.41. The number of benzene rings is 1. The van der Waals surface area contributed by atoms with Gasteiger partial charge in [-0.2, -0.15) is 0 Å². The Balaban J connectivity index is 2.57. The van der Waals surface area contributed by atoms with Crippen molar-refractivity contribution < 1.29 is 19.0 Å². The molecule has 0 unspecified atom stereocenters. The van der Waals surface area contributed by atoms with Crippen LogP contribution in [0.3, 0.4) is 0 Å². The van der Waals surface area contributed by atoms with Gasteiger partial charge >= 0.3 is 6.09 Å². The SMILES string of the molecule is CC(C)(C)OC(=O)NC1=N[C@](C)(c2cc(Br)ccc2F)C[S@@](=NCCO)C1(C)C. The highest BCUT2D eigenvalue weighted by Gasteiger charge is 2.44. The zero-order valence-corrected chi connectivity index (χ0v) is 20.1. The van der Waals surface area contributed by atoms with Crippen LogP contribution in [-0.4, -0.2) is 46.3 Å². The monoisotopic (exact) mass is 489 g/mol. The fourth-order valence-corrected chi connectivity index (χ4v) is 5.47. The van der Waals surface area contributed by atoms with Gasteiger partial charge in [0.05, 0.1) is 23.4 Å². The summed E-state index contributed by atoms with van der Waals surface area (Å²) in [6.45, 7) is 11.2. The Morgan fingerprint density at radius 3 is 2.66 bits per heavy atom. The van der Waals surface area contributed by atoms with Crippen LogP contribution in [-0.2, 0) is 21.0 Å². The zero-order chi connectivity index (χ0) is 22.0. The first-order valence-electron chi connectivity index (χ1n) is 9.34. The molecule has 0 saturated heterocycles. The lowest BCUT2D eigenvalue weighted by atomic mass is 9.93. The van der Waals surface area contributed by atoms with Gasteiger partial charge in [-0.25, -0.2) is 9.18 Å². The van der Waals surface area contributed by atoms with Crippen molar-refractivity contribution in [2.75, 3.05) is 18.9 Å². The second kappa shape index (κ2) is 8.81. The Kier molecular flexibility index (Phi) is 7.28. The molecule has 1 aromatic rings. The minimum absolute atomic E-state index is 0.0759. The number of alkyl carbamates (subject to hydrolysis) is 1. The molecule has 1 aliphatic heterocycles.